The summed E-state index contributed by atoms with van der Waals surface area (Å²) in [4.78, 5) is 0.785. The van der Waals surface area contributed by atoms with Crippen LogP contribution in [0.2, 0.25) is 0 Å². The summed E-state index contributed by atoms with van der Waals surface area (Å²) in [5.41, 5.74) is 2.84. The fraction of sp³-hybridized carbons (Fsp3) is 0.167. The lowest BCUT2D eigenvalue weighted by Gasteiger charge is -2.26. The van der Waals surface area contributed by atoms with Crippen LogP contribution in [0.25, 0.3) is 0 Å². The van der Waals surface area contributed by atoms with Crippen molar-refractivity contribution in [1.29, 1.82) is 0 Å². The summed E-state index contributed by atoms with van der Waals surface area (Å²) in [5, 5.41) is -1.00. The van der Waals surface area contributed by atoms with Crippen molar-refractivity contribution in [3.63, 3.8) is 0 Å². The molecule has 0 bridgehead atoms. The quantitative estimate of drug-likeness (QED) is 0.518. The summed E-state index contributed by atoms with van der Waals surface area (Å²) in [7, 11) is -5.36. The largest absolute Gasteiger partial charge is 0.237 e. The average molecular weight is 440 g/mol. The molecule has 3 atom stereocenters. The zero-order valence-electron chi connectivity index (χ0n) is 17.0. The maximum atomic E-state index is 13.4. The number of aryl methyl sites for hydroxylation is 2. The molecule has 3 rings (SSSR count). The van der Waals surface area contributed by atoms with Crippen LogP contribution in [0.3, 0.4) is 0 Å². The van der Waals surface area contributed by atoms with E-state index < -0.39 is 32.1 Å². The van der Waals surface area contributed by atoms with Gasteiger partial charge in [0, 0.05) is 0 Å². The van der Waals surface area contributed by atoms with E-state index in [1.165, 1.54) is 6.08 Å². The molecular formula is C24H25NO3S2. The van der Waals surface area contributed by atoms with Gasteiger partial charge in [0.15, 0.2) is 9.84 Å². The van der Waals surface area contributed by atoms with Crippen LogP contribution in [0.4, 0.5) is 0 Å². The first-order chi connectivity index (χ1) is 14.3. The van der Waals surface area contributed by atoms with Gasteiger partial charge in [-0.05, 0) is 43.7 Å². The molecule has 0 aliphatic rings. The third-order valence-corrected chi connectivity index (χ3v) is 8.18. The minimum absolute atomic E-state index is 0.204. The molecule has 0 amide bonds. The van der Waals surface area contributed by atoms with Crippen LogP contribution in [-0.2, 0) is 20.8 Å². The third-order valence-electron chi connectivity index (χ3n) is 4.90. The standard InChI is InChI=1S/C24H25NO3S2/c1-4-23(30(27,28)22-8-6-5-7-9-22)24(20-14-10-18(2)11-15-20)25-29(26)21-16-12-19(3)13-17-21/h4-17,23-25H,1H2,2-3H3/t23-,24+,29-/m0/s1. The van der Waals surface area contributed by atoms with Gasteiger partial charge in [-0.1, -0.05) is 71.8 Å². The van der Waals surface area contributed by atoms with Crippen LogP contribution in [-0.4, -0.2) is 17.9 Å². The van der Waals surface area contributed by atoms with Crippen molar-refractivity contribution in [3.8, 4) is 0 Å². The van der Waals surface area contributed by atoms with E-state index in [9.17, 15) is 12.6 Å². The Labute approximate surface area is 181 Å². The van der Waals surface area contributed by atoms with Gasteiger partial charge in [0.2, 0.25) is 0 Å². The number of rotatable bonds is 8. The van der Waals surface area contributed by atoms with Crippen molar-refractivity contribution in [2.45, 2.75) is 34.9 Å². The van der Waals surface area contributed by atoms with Crippen LogP contribution >= 0.6 is 0 Å². The topological polar surface area (TPSA) is 63.2 Å². The molecule has 1 N–H and O–H groups in total. The molecule has 3 aromatic carbocycles. The lowest BCUT2D eigenvalue weighted by atomic mass is 10.0. The molecule has 30 heavy (non-hydrogen) atoms. The minimum atomic E-state index is -3.76. The van der Waals surface area contributed by atoms with Gasteiger partial charge >= 0.3 is 0 Å². The van der Waals surface area contributed by atoms with E-state index >= 15 is 0 Å². The number of sulfone groups is 1. The SMILES string of the molecule is C=C[C@@H]([C@H](N[S@@](=O)c1ccc(C)cc1)c1ccc(C)cc1)S(=O)(=O)c1ccccc1. The molecule has 0 unspecified atom stereocenters. The van der Waals surface area contributed by atoms with Gasteiger partial charge in [0.25, 0.3) is 0 Å². The Bertz CT molecular complexity index is 1120. The van der Waals surface area contributed by atoms with Gasteiger partial charge in [0.05, 0.1) is 15.8 Å². The maximum Gasteiger partial charge on any atom is 0.186 e. The van der Waals surface area contributed by atoms with E-state index in [2.05, 4.69) is 11.3 Å². The van der Waals surface area contributed by atoms with Crippen molar-refractivity contribution in [3.05, 3.63) is 108 Å². The Morgan fingerprint density at radius 2 is 1.40 bits per heavy atom. The molecule has 0 fully saturated rings. The highest BCUT2D eigenvalue weighted by atomic mass is 32.2. The maximum absolute atomic E-state index is 13.4. The van der Waals surface area contributed by atoms with Crippen LogP contribution in [0.15, 0.2) is 101 Å². The second-order valence-electron chi connectivity index (χ2n) is 7.15. The summed E-state index contributed by atoms with van der Waals surface area (Å²) in [6.45, 7) is 7.70. The highest BCUT2D eigenvalue weighted by Crippen LogP contribution is 2.29. The molecule has 0 spiro atoms. The molecule has 156 valence electrons. The average Bonchev–Trinajstić information content (AvgIpc) is 2.75. The van der Waals surface area contributed by atoms with Gasteiger partial charge in [-0.3, -0.25) is 0 Å². The second-order valence-corrected chi connectivity index (χ2v) is 10.5. The smallest absolute Gasteiger partial charge is 0.186 e. The Morgan fingerprint density at radius 1 is 0.867 bits per heavy atom. The van der Waals surface area contributed by atoms with Gasteiger partial charge in [-0.25, -0.2) is 17.3 Å². The Morgan fingerprint density at radius 3 is 1.93 bits per heavy atom. The van der Waals surface area contributed by atoms with E-state index in [0.717, 1.165) is 16.7 Å². The molecule has 0 aliphatic carbocycles. The summed E-state index contributed by atoms with van der Waals surface area (Å²) in [6, 6.07) is 22.4. The fourth-order valence-corrected chi connectivity index (χ4v) is 5.96. The molecule has 0 radical (unpaired) electrons. The van der Waals surface area contributed by atoms with Crippen LogP contribution < -0.4 is 4.72 Å². The van der Waals surface area contributed by atoms with Crippen molar-refractivity contribution >= 4 is 20.8 Å². The first kappa shape index (κ1) is 22.2. The normalized spacial score (nSPS) is 14.6. The van der Waals surface area contributed by atoms with Gasteiger partial charge in [-0.15, -0.1) is 6.58 Å². The lowest BCUT2D eigenvalue weighted by molar-refractivity contribution is 0.564. The Hall–Kier alpha value is -2.54. The highest BCUT2D eigenvalue weighted by molar-refractivity contribution is 7.92. The molecule has 0 heterocycles. The van der Waals surface area contributed by atoms with Crippen LogP contribution in [0, 0.1) is 13.8 Å². The van der Waals surface area contributed by atoms with Gasteiger partial charge in [0.1, 0.15) is 16.2 Å². The van der Waals surface area contributed by atoms with E-state index in [0.29, 0.717) is 4.90 Å². The molecule has 6 heteroatoms. The highest BCUT2D eigenvalue weighted by Gasteiger charge is 2.34. The summed E-state index contributed by atoms with van der Waals surface area (Å²) in [5.74, 6) is 0. The summed E-state index contributed by atoms with van der Waals surface area (Å²) < 4.78 is 42.9. The van der Waals surface area contributed by atoms with Crippen molar-refractivity contribution in [1.82, 2.24) is 4.72 Å². The zero-order chi connectivity index (χ0) is 21.7. The first-order valence-corrected chi connectivity index (χ1v) is 12.2. The van der Waals surface area contributed by atoms with Crippen LogP contribution in [0.5, 0.6) is 0 Å². The molecule has 3 aromatic rings. The summed E-state index contributed by atoms with van der Waals surface area (Å²) in [6.07, 6.45) is 1.41. The number of benzene rings is 3. The molecule has 0 saturated carbocycles. The zero-order valence-corrected chi connectivity index (χ0v) is 18.6. The number of nitrogens with one attached hydrogen (secondary N) is 1. The monoisotopic (exact) mass is 439 g/mol. The lowest BCUT2D eigenvalue weighted by Crippen LogP contribution is -2.37. The molecule has 0 aromatic heterocycles. The number of hydrogen-bond acceptors (Lipinski definition) is 3. The van der Waals surface area contributed by atoms with E-state index in [1.54, 1.807) is 42.5 Å². The Balaban J connectivity index is 2.03. The predicted molar refractivity (Wildman–Crippen MR) is 122 cm³/mol. The van der Waals surface area contributed by atoms with Crippen LogP contribution in [0.1, 0.15) is 22.7 Å². The molecular weight excluding hydrogens is 414 g/mol. The molecule has 0 aliphatic heterocycles. The predicted octanol–water partition coefficient (Wildman–Crippen LogP) is 4.69. The van der Waals surface area contributed by atoms with Gasteiger partial charge < -0.3 is 0 Å². The third kappa shape index (κ3) is 4.95. The minimum Gasteiger partial charge on any atom is -0.237 e. The van der Waals surface area contributed by atoms with Crippen molar-refractivity contribution in [2.75, 3.05) is 0 Å². The van der Waals surface area contributed by atoms with Crippen molar-refractivity contribution in [2.24, 2.45) is 0 Å². The fourth-order valence-electron chi connectivity index (χ4n) is 3.15. The van der Waals surface area contributed by atoms with E-state index in [4.69, 9.17) is 0 Å². The number of hydrogen-bond donors (Lipinski definition) is 1. The van der Waals surface area contributed by atoms with E-state index in [1.807, 2.05) is 50.2 Å². The van der Waals surface area contributed by atoms with E-state index in [-0.39, 0.29) is 4.90 Å². The summed E-state index contributed by atoms with van der Waals surface area (Å²) >= 11 is 0. The molecule has 0 saturated heterocycles. The Kier molecular flexibility index (Phi) is 7.02. The molecule has 4 nitrogen and oxygen atoms in total. The van der Waals surface area contributed by atoms with Gasteiger partial charge in [-0.2, -0.15) is 0 Å². The van der Waals surface area contributed by atoms with Crippen molar-refractivity contribution < 1.29 is 12.6 Å². The first-order valence-electron chi connectivity index (χ1n) is 9.55. The second kappa shape index (κ2) is 9.51.